The summed E-state index contributed by atoms with van der Waals surface area (Å²) in [6.07, 6.45) is 11.7. The minimum absolute atomic E-state index is 0.931. The Bertz CT molecular complexity index is 256. The molecule has 3 rings (SSSR count). The second-order valence-electron chi connectivity index (χ2n) is 6.88. The molecule has 1 heterocycles. The van der Waals surface area contributed by atoms with Crippen molar-refractivity contribution in [2.75, 3.05) is 19.6 Å². The molecule has 0 radical (unpaired) electrons. The number of hydrogen-bond donors (Lipinski definition) is 1. The predicted molar refractivity (Wildman–Crippen MR) is 76.7 cm³/mol. The number of nitrogens with zero attached hydrogens (tertiary/aromatic N) is 1. The van der Waals surface area contributed by atoms with Crippen LogP contribution in [0.15, 0.2) is 0 Å². The highest BCUT2D eigenvalue weighted by Crippen LogP contribution is 2.38. The van der Waals surface area contributed by atoms with Gasteiger partial charge in [0.1, 0.15) is 0 Å². The van der Waals surface area contributed by atoms with Crippen LogP contribution in [0.25, 0.3) is 0 Å². The average molecular weight is 250 g/mol. The molecule has 1 N–H and O–H groups in total. The first-order valence-electron chi connectivity index (χ1n) is 8.33. The fourth-order valence-electron chi connectivity index (χ4n) is 4.10. The van der Waals surface area contributed by atoms with Gasteiger partial charge in [-0.3, -0.25) is 4.90 Å². The number of hydrogen-bond acceptors (Lipinski definition) is 2. The number of rotatable bonds is 5. The minimum Gasteiger partial charge on any atom is -0.316 e. The Morgan fingerprint density at radius 3 is 2.44 bits per heavy atom. The fourth-order valence-corrected chi connectivity index (χ4v) is 4.10. The van der Waals surface area contributed by atoms with E-state index in [2.05, 4.69) is 17.1 Å². The molecule has 0 amide bonds. The second kappa shape index (κ2) is 5.92. The van der Waals surface area contributed by atoms with Gasteiger partial charge in [0, 0.05) is 18.6 Å². The molecule has 2 heteroatoms. The van der Waals surface area contributed by atoms with Gasteiger partial charge in [0.2, 0.25) is 0 Å². The van der Waals surface area contributed by atoms with Crippen LogP contribution in [0.5, 0.6) is 0 Å². The van der Waals surface area contributed by atoms with Gasteiger partial charge in [0.05, 0.1) is 0 Å². The molecule has 104 valence electrons. The molecule has 3 aliphatic rings. The first kappa shape index (κ1) is 12.9. The molecular weight excluding hydrogens is 220 g/mol. The van der Waals surface area contributed by atoms with Crippen molar-refractivity contribution in [3.8, 4) is 0 Å². The first-order chi connectivity index (χ1) is 8.86. The smallest absolute Gasteiger partial charge is 0.0101 e. The maximum Gasteiger partial charge on any atom is 0.0101 e. The molecule has 2 saturated carbocycles. The van der Waals surface area contributed by atoms with Crippen LogP contribution < -0.4 is 5.32 Å². The number of nitrogens with one attached hydrogen (secondary N) is 1. The third-order valence-electron chi connectivity index (χ3n) is 5.44. The van der Waals surface area contributed by atoms with Crippen LogP contribution in [0, 0.1) is 11.8 Å². The van der Waals surface area contributed by atoms with E-state index in [0.717, 1.165) is 23.9 Å². The van der Waals surface area contributed by atoms with Crippen molar-refractivity contribution < 1.29 is 0 Å². The van der Waals surface area contributed by atoms with Crippen molar-refractivity contribution in [3.63, 3.8) is 0 Å². The van der Waals surface area contributed by atoms with Gasteiger partial charge in [-0.15, -0.1) is 0 Å². The lowest BCUT2D eigenvalue weighted by atomic mass is 9.97. The van der Waals surface area contributed by atoms with Crippen molar-refractivity contribution in [1.29, 1.82) is 0 Å². The molecule has 0 aromatic carbocycles. The zero-order valence-electron chi connectivity index (χ0n) is 12.0. The summed E-state index contributed by atoms with van der Waals surface area (Å²) >= 11 is 0. The molecule has 2 nitrogen and oxygen atoms in total. The fraction of sp³-hybridized carbons (Fsp3) is 1.00. The van der Waals surface area contributed by atoms with Gasteiger partial charge in [-0.2, -0.15) is 0 Å². The van der Waals surface area contributed by atoms with Gasteiger partial charge in [-0.25, -0.2) is 0 Å². The van der Waals surface area contributed by atoms with E-state index in [9.17, 15) is 0 Å². The molecule has 3 atom stereocenters. The molecule has 1 saturated heterocycles. The monoisotopic (exact) mass is 250 g/mol. The Balaban J connectivity index is 1.54. The lowest BCUT2D eigenvalue weighted by Gasteiger charge is -2.34. The highest BCUT2D eigenvalue weighted by atomic mass is 15.2. The van der Waals surface area contributed by atoms with Gasteiger partial charge < -0.3 is 5.32 Å². The Morgan fingerprint density at radius 1 is 1.00 bits per heavy atom. The lowest BCUT2D eigenvalue weighted by molar-refractivity contribution is 0.143. The summed E-state index contributed by atoms with van der Waals surface area (Å²) in [5, 5.41) is 3.58. The topological polar surface area (TPSA) is 15.3 Å². The van der Waals surface area contributed by atoms with Crippen molar-refractivity contribution in [3.05, 3.63) is 0 Å². The molecule has 3 unspecified atom stereocenters. The van der Waals surface area contributed by atoms with Crippen LogP contribution in [0.2, 0.25) is 0 Å². The molecular formula is C16H30N2. The molecule has 0 aromatic rings. The van der Waals surface area contributed by atoms with E-state index in [1.54, 1.807) is 0 Å². The van der Waals surface area contributed by atoms with Crippen LogP contribution in [-0.4, -0.2) is 36.6 Å². The molecule has 1 aliphatic heterocycles. The zero-order valence-corrected chi connectivity index (χ0v) is 12.0. The Labute approximate surface area is 113 Å². The average Bonchev–Trinajstić information content (AvgIpc) is 3.14. The molecule has 18 heavy (non-hydrogen) atoms. The summed E-state index contributed by atoms with van der Waals surface area (Å²) in [6, 6.07) is 1.90. The summed E-state index contributed by atoms with van der Waals surface area (Å²) in [7, 11) is 0. The Hall–Kier alpha value is -0.0800. The van der Waals surface area contributed by atoms with E-state index >= 15 is 0 Å². The molecule has 0 spiro atoms. The van der Waals surface area contributed by atoms with Crippen molar-refractivity contribution in [2.24, 2.45) is 11.8 Å². The van der Waals surface area contributed by atoms with Gasteiger partial charge >= 0.3 is 0 Å². The largest absolute Gasteiger partial charge is 0.316 e. The normalized spacial score (nSPS) is 37.3. The summed E-state index contributed by atoms with van der Waals surface area (Å²) < 4.78 is 0. The van der Waals surface area contributed by atoms with Crippen LogP contribution in [-0.2, 0) is 0 Å². The predicted octanol–water partition coefficient (Wildman–Crippen LogP) is 3.03. The number of piperidine rings is 1. The zero-order chi connectivity index (χ0) is 12.4. The molecule has 3 fully saturated rings. The van der Waals surface area contributed by atoms with Crippen LogP contribution in [0.1, 0.15) is 58.3 Å². The van der Waals surface area contributed by atoms with Crippen molar-refractivity contribution in [1.82, 2.24) is 10.2 Å². The van der Waals surface area contributed by atoms with Crippen LogP contribution in [0.4, 0.5) is 0 Å². The highest BCUT2D eigenvalue weighted by Gasteiger charge is 2.38. The summed E-state index contributed by atoms with van der Waals surface area (Å²) in [6.45, 7) is 6.28. The first-order valence-corrected chi connectivity index (χ1v) is 8.33. The quantitative estimate of drug-likeness (QED) is 0.807. The standard InChI is InChI=1S/C16H30N2/c1-2-13-5-6-16(10-13)18(15-7-8-15)12-14-4-3-9-17-11-14/h13-17H,2-12H2,1H3. The third-order valence-corrected chi connectivity index (χ3v) is 5.44. The summed E-state index contributed by atoms with van der Waals surface area (Å²) in [5.41, 5.74) is 0. The lowest BCUT2D eigenvalue weighted by Crippen LogP contribution is -2.43. The second-order valence-corrected chi connectivity index (χ2v) is 6.88. The third kappa shape index (κ3) is 3.08. The van der Waals surface area contributed by atoms with E-state index in [0.29, 0.717) is 0 Å². The van der Waals surface area contributed by atoms with Gasteiger partial charge in [-0.05, 0) is 69.9 Å². The van der Waals surface area contributed by atoms with E-state index in [-0.39, 0.29) is 0 Å². The van der Waals surface area contributed by atoms with Crippen molar-refractivity contribution in [2.45, 2.75) is 70.4 Å². The van der Waals surface area contributed by atoms with Gasteiger partial charge in [-0.1, -0.05) is 13.3 Å². The Morgan fingerprint density at radius 2 is 1.83 bits per heavy atom. The molecule has 2 aliphatic carbocycles. The summed E-state index contributed by atoms with van der Waals surface area (Å²) in [5.74, 6) is 1.96. The maximum atomic E-state index is 3.58. The minimum atomic E-state index is 0.931. The molecule has 0 aromatic heterocycles. The van der Waals surface area contributed by atoms with E-state index in [1.165, 1.54) is 71.0 Å². The van der Waals surface area contributed by atoms with Gasteiger partial charge in [0.15, 0.2) is 0 Å². The SMILES string of the molecule is CCC1CCC(N(CC2CCCNC2)C2CC2)C1. The summed E-state index contributed by atoms with van der Waals surface area (Å²) in [4.78, 5) is 2.92. The highest BCUT2D eigenvalue weighted by molar-refractivity contribution is 4.93. The van der Waals surface area contributed by atoms with Gasteiger partial charge in [0.25, 0.3) is 0 Å². The van der Waals surface area contributed by atoms with E-state index in [1.807, 2.05) is 0 Å². The Kier molecular flexibility index (Phi) is 4.25. The van der Waals surface area contributed by atoms with Crippen LogP contribution >= 0.6 is 0 Å². The van der Waals surface area contributed by atoms with E-state index < -0.39 is 0 Å². The van der Waals surface area contributed by atoms with Crippen LogP contribution in [0.3, 0.4) is 0 Å². The van der Waals surface area contributed by atoms with Crippen molar-refractivity contribution >= 4 is 0 Å². The molecule has 0 bridgehead atoms. The van der Waals surface area contributed by atoms with E-state index in [4.69, 9.17) is 0 Å². The maximum absolute atomic E-state index is 3.58.